The van der Waals surface area contributed by atoms with E-state index in [0.717, 1.165) is 22.0 Å². The van der Waals surface area contributed by atoms with Gasteiger partial charge >= 0.3 is 11.8 Å². The highest BCUT2D eigenvalue weighted by Crippen LogP contribution is 2.25. The number of hydrogen-bond donors (Lipinski definition) is 3. The molecule has 4 aromatic rings. The number of nitrogens with zero attached hydrogens (tertiary/aromatic N) is 1. The summed E-state index contributed by atoms with van der Waals surface area (Å²) >= 11 is 1.53. The molecule has 7 nitrogen and oxygen atoms in total. The normalized spacial score (nSPS) is 10.8. The summed E-state index contributed by atoms with van der Waals surface area (Å²) in [6.45, 7) is 0.483. The quantitative estimate of drug-likeness (QED) is 0.492. The van der Waals surface area contributed by atoms with Gasteiger partial charge in [0.25, 0.3) is 0 Å². The topological polar surface area (TPSA) is 100 Å². The summed E-state index contributed by atoms with van der Waals surface area (Å²) in [5.74, 6) is -0.471. The van der Waals surface area contributed by atoms with Crippen molar-refractivity contribution in [2.45, 2.75) is 6.42 Å². The van der Waals surface area contributed by atoms with E-state index in [2.05, 4.69) is 20.6 Å². The zero-order valence-electron chi connectivity index (χ0n) is 14.2. The number of carbonyl (C=O) groups excluding carboxylic acids is 1. The molecule has 2 aromatic carbocycles. The molecule has 0 saturated heterocycles. The molecule has 136 valence electrons. The van der Waals surface area contributed by atoms with Gasteiger partial charge in [-0.15, -0.1) is 11.3 Å². The predicted molar refractivity (Wildman–Crippen MR) is 105 cm³/mol. The number of aromatic nitrogens is 2. The zero-order chi connectivity index (χ0) is 18.6. The molecule has 3 N–H and O–H groups in total. The summed E-state index contributed by atoms with van der Waals surface area (Å²) in [5, 5.41) is 8.46. The first-order chi connectivity index (χ1) is 13.2. The molecule has 0 bridgehead atoms. The molecule has 0 saturated carbocycles. The van der Waals surface area contributed by atoms with E-state index in [1.54, 1.807) is 12.1 Å². The van der Waals surface area contributed by atoms with Crippen LogP contribution in [0.3, 0.4) is 0 Å². The Balaban J connectivity index is 1.35. The van der Waals surface area contributed by atoms with E-state index >= 15 is 0 Å². The molecular weight excluding hydrogens is 364 g/mol. The van der Waals surface area contributed by atoms with Gasteiger partial charge in [-0.05, 0) is 24.3 Å². The summed E-state index contributed by atoms with van der Waals surface area (Å²) < 4.78 is 5.09. The lowest BCUT2D eigenvalue weighted by atomic mass is 10.1. The van der Waals surface area contributed by atoms with E-state index in [1.807, 2.05) is 41.8 Å². The average molecular weight is 380 g/mol. The van der Waals surface area contributed by atoms with Crippen molar-refractivity contribution in [1.29, 1.82) is 0 Å². The smallest absolute Gasteiger partial charge is 0.408 e. The Labute approximate surface area is 158 Å². The Bertz CT molecular complexity index is 1130. The predicted octanol–water partition coefficient (Wildman–Crippen LogP) is 3.61. The number of urea groups is 1. The fraction of sp³-hybridized carbons (Fsp3) is 0.105. The van der Waals surface area contributed by atoms with Crippen LogP contribution in [-0.4, -0.2) is 22.5 Å². The number of oxazole rings is 1. The number of hydrogen-bond acceptors (Lipinski definition) is 5. The Kier molecular flexibility index (Phi) is 4.71. The highest BCUT2D eigenvalue weighted by Gasteiger charge is 2.08. The van der Waals surface area contributed by atoms with Gasteiger partial charge in [0.05, 0.1) is 16.2 Å². The second kappa shape index (κ2) is 7.46. The molecule has 0 unspecified atom stereocenters. The van der Waals surface area contributed by atoms with Crippen LogP contribution in [0, 0.1) is 0 Å². The number of carbonyl (C=O) groups is 1. The van der Waals surface area contributed by atoms with E-state index in [4.69, 9.17) is 4.42 Å². The van der Waals surface area contributed by atoms with Gasteiger partial charge in [-0.1, -0.05) is 24.3 Å². The number of H-pyrrole nitrogens is 1. The largest absolute Gasteiger partial charge is 0.417 e. The van der Waals surface area contributed by atoms with E-state index in [-0.39, 0.29) is 6.03 Å². The second-order valence-corrected chi connectivity index (χ2v) is 6.79. The highest BCUT2D eigenvalue weighted by atomic mass is 32.1. The van der Waals surface area contributed by atoms with Crippen LogP contribution in [0.2, 0.25) is 0 Å². The van der Waals surface area contributed by atoms with Crippen LogP contribution in [0.5, 0.6) is 0 Å². The van der Waals surface area contributed by atoms with E-state index in [1.165, 1.54) is 11.3 Å². The maximum atomic E-state index is 11.9. The molecule has 2 amide bonds. The number of amides is 2. The van der Waals surface area contributed by atoms with Crippen molar-refractivity contribution in [3.63, 3.8) is 0 Å². The van der Waals surface area contributed by atoms with Crippen molar-refractivity contribution in [3.05, 3.63) is 69.5 Å². The van der Waals surface area contributed by atoms with Gasteiger partial charge in [-0.2, -0.15) is 0 Å². The van der Waals surface area contributed by atoms with Gasteiger partial charge in [0, 0.05) is 29.6 Å². The Hall–Kier alpha value is -3.39. The molecule has 0 atom stereocenters. The van der Waals surface area contributed by atoms with E-state index in [9.17, 15) is 9.59 Å². The Morgan fingerprint density at radius 2 is 2.04 bits per heavy atom. The minimum absolute atomic E-state index is 0.245. The van der Waals surface area contributed by atoms with Gasteiger partial charge in [-0.25, -0.2) is 14.6 Å². The van der Waals surface area contributed by atoms with Crippen molar-refractivity contribution in [2.75, 3.05) is 11.9 Å². The van der Waals surface area contributed by atoms with E-state index < -0.39 is 5.76 Å². The number of para-hydroxylation sites is 1. The maximum Gasteiger partial charge on any atom is 0.417 e. The number of nitrogens with one attached hydrogen (secondary N) is 3. The second-order valence-electron chi connectivity index (χ2n) is 5.85. The Morgan fingerprint density at radius 3 is 2.89 bits per heavy atom. The number of fused-ring (bicyclic) bond motifs is 1. The van der Waals surface area contributed by atoms with Gasteiger partial charge in [0.15, 0.2) is 5.58 Å². The molecule has 0 fully saturated rings. The number of aromatic amines is 1. The fourth-order valence-corrected chi connectivity index (χ4v) is 3.45. The van der Waals surface area contributed by atoms with Crippen LogP contribution in [0.4, 0.5) is 10.5 Å². The summed E-state index contributed by atoms with van der Waals surface area (Å²) in [6, 6.07) is 14.5. The van der Waals surface area contributed by atoms with Crippen molar-refractivity contribution in [1.82, 2.24) is 15.3 Å². The summed E-state index contributed by atoms with van der Waals surface area (Å²) in [5.41, 5.74) is 3.61. The molecule has 4 rings (SSSR count). The van der Waals surface area contributed by atoms with Gasteiger partial charge in [0.2, 0.25) is 0 Å². The lowest BCUT2D eigenvalue weighted by Gasteiger charge is -2.06. The van der Waals surface area contributed by atoms with Crippen molar-refractivity contribution in [3.8, 4) is 11.3 Å². The molecule has 0 aliphatic carbocycles. The molecule has 0 aliphatic rings. The lowest BCUT2D eigenvalue weighted by molar-refractivity contribution is 0.252. The van der Waals surface area contributed by atoms with Gasteiger partial charge in [-0.3, -0.25) is 4.98 Å². The molecular formula is C19H16N4O3S. The van der Waals surface area contributed by atoms with Crippen LogP contribution >= 0.6 is 11.3 Å². The molecule has 0 aliphatic heterocycles. The third-order valence-electron chi connectivity index (χ3n) is 3.92. The standard InChI is InChI=1S/C19H16N4O3S/c24-18(21-13-4-2-1-3-5-13)20-9-8-17-22-15(11-27-17)12-6-7-14-16(10-12)26-19(25)23-14/h1-7,10-11H,8-9H2,(H,23,25)(H2,20,21,24). The zero-order valence-corrected chi connectivity index (χ0v) is 15.0. The summed E-state index contributed by atoms with van der Waals surface area (Å²) in [7, 11) is 0. The van der Waals surface area contributed by atoms with E-state index in [0.29, 0.717) is 24.1 Å². The first-order valence-electron chi connectivity index (χ1n) is 8.35. The number of rotatable bonds is 5. The molecule has 2 heterocycles. The van der Waals surface area contributed by atoms with Crippen LogP contribution < -0.4 is 16.4 Å². The third kappa shape index (κ3) is 4.06. The number of anilines is 1. The number of thiazole rings is 1. The molecule has 0 radical (unpaired) electrons. The molecule has 0 spiro atoms. The van der Waals surface area contributed by atoms with Crippen LogP contribution in [0.25, 0.3) is 22.4 Å². The van der Waals surface area contributed by atoms with Gasteiger partial charge < -0.3 is 15.1 Å². The van der Waals surface area contributed by atoms with Crippen LogP contribution in [-0.2, 0) is 6.42 Å². The fourth-order valence-electron chi connectivity index (χ4n) is 2.64. The average Bonchev–Trinajstić information content (AvgIpc) is 3.27. The van der Waals surface area contributed by atoms with Crippen molar-refractivity contribution < 1.29 is 9.21 Å². The van der Waals surface area contributed by atoms with Crippen LogP contribution in [0.15, 0.2) is 63.1 Å². The minimum atomic E-state index is -0.471. The van der Waals surface area contributed by atoms with Crippen LogP contribution in [0.1, 0.15) is 5.01 Å². The summed E-state index contributed by atoms with van der Waals surface area (Å²) in [4.78, 5) is 30.3. The first kappa shape index (κ1) is 17.0. The van der Waals surface area contributed by atoms with Gasteiger partial charge in [0.1, 0.15) is 0 Å². The minimum Gasteiger partial charge on any atom is -0.408 e. The summed E-state index contributed by atoms with van der Waals surface area (Å²) in [6.07, 6.45) is 0.633. The third-order valence-corrected chi connectivity index (χ3v) is 4.83. The highest BCUT2D eigenvalue weighted by molar-refractivity contribution is 7.09. The number of benzene rings is 2. The molecule has 8 heteroatoms. The Morgan fingerprint density at radius 1 is 1.19 bits per heavy atom. The molecule has 27 heavy (non-hydrogen) atoms. The SMILES string of the molecule is O=C(NCCc1nc(-c2ccc3[nH]c(=O)oc3c2)cs1)Nc1ccccc1. The lowest BCUT2D eigenvalue weighted by Crippen LogP contribution is -2.30. The molecule has 2 aromatic heterocycles. The van der Waals surface area contributed by atoms with Crippen molar-refractivity contribution >= 4 is 34.2 Å². The van der Waals surface area contributed by atoms with Crippen molar-refractivity contribution in [2.24, 2.45) is 0 Å². The monoisotopic (exact) mass is 380 g/mol. The maximum absolute atomic E-state index is 11.9. The first-order valence-corrected chi connectivity index (χ1v) is 9.23.